The minimum Gasteiger partial charge on any atom is -0.459 e. The van der Waals surface area contributed by atoms with Gasteiger partial charge in [-0.05, 0) is 129 Å². The van der Waals surface area contributed by atoms with Gasteiger partial charge in [-0.25, -0.2) is 4.79 Å². The molecule has 4 aromatic carbocycles. The molecule has 0 aromatic heterocycles. The number of aliphatic hydroxyl groups excluding tert-OH is 2. The van der Waals surface area contributed by atoms with Gasteiger partial charge in [-0.1, -0.05) is 72.6 Å². The van der Waals surface area contributed by atoms with Crippen molar-refractivity contribution in [3.63, 3.8) is 0 Å². The summed E-state index contributed by atoms with van der Waals surface area (Å²) in [5.41, 5.74) is 3.02. The third kappa shape index (κ3) is 9.71. The summed E-state index contributed by atoms with van der Waals surface area (Å²) in [7, 11) is 1.41. The van der Waals surface area contributed by atoms with Crippen LogP contribution in [0.25, 0.3) is 10.8 Å². The molecule has 10 nitrogen and oxygen atoms in total. The maximum Gasteiger partial charge on any atom is 0.410 e. The first kappa shape index (κ1) is 45.2. The fraction of sp³-hybridized carbons (Fsp3) is 0.451. The number of thioether (sulfide) groups is 1. The summed E-state index contributed by atoms with van der Waals surface area (Å²) in [4.78, 5) is 23.7. The number of methoxy groups -OCH3 is 1. The average molecular weight is 863 g/mol. The van der Waals surface area contributed by atoms with Crippen LogP contribution in [-0.4, -0.2) is 77.5 Å². The predicted molar refractivity (Wildman–Crippen MR) is 246 cm³/mol. The molecule has 1 aliphatic heterocycles. The minimum absolute atomic E-state index is 0.0626. The van der Waals surface area contributed by atoms with Crippen LogP contribution in [0.15, 0.2) is 119 Å². The highest BCUT2D eigenvalue weighted by atomic mass is 32.2. The SMILES string of the molecule is C=CCO[C@@]12Oc3ccc(Oc4ccc(SC)cc4)cc3[C@H]3[C@H](CCCCO)[C@@H](CCCCO)C=C(C(=NOC(C)(C)C)C[C@@H]1N(Cc1cccc4ccccc14)C(=O)OC)[C@H]32. The van der Waals surface area contributed by atoms with Gasteiger partial charge in [0.15, 0.2) is 0 Å². The number of aliphatic hydroxyl groups is 2. The lowest BCUT2D eigenvalue weighted by atomic mass is 9.55. The molecular formula is C51H62N2O8S. The van der Waals surface area contributed by atoms with Gasteiger partial charge in [0, 0.05) is 36.0 Å². The lowest BCUT2D eigenvalue weighted by Crippen LogP contribution is -2.70. The number of unbranched alkanes of at least 4 members (excludes halogenated alkanes) is 2. The molecule has 3 aliphatic rings. The van der Waals surface area contributed by atoms with Gasteiger partial charge in [0.1, 0.15) is 28.9 Å². The number of fused-ring (bicyclic) bond motifs is 3. The highest BCUT2D eigenvalue weighted by Gasteiger charge is 2.65. The zero-order valence-corrected chi connectivity index (χ0v) is 37.6. The fourth-order valence-electron chi connectivity index (χ4n) is 9.72. The summed E-state index contributed by atoms with van der Waals surface area (Å²) >= 11 is 1.68. The van der Waals surface area contributed by atoms with E-state index >= 15 is 0 Å². The Bertz CT molecular complexity index is 2230. The smallest absolute Gasteiger partial charge is 0.410 e. The molecular weight excluding hydrogens is 801 g/mol. The second-order valence-electron chi connectivity index (χ2n) is 17.5. The molecule has 330 valence electrons. The van der Waals surface area contributed by atoms with Gasteiger partial charge in [-0.3, -0.25) is 4.90 Å². The van der Waals surface area contributed by atoms with E-state index in [9.17, 15) is 15.0 Å². The molecule has 7 rings (SSSR count). The van der Waals surface area contributed by atoms with Crippen LogP contribution in [0, 0.1) is 17.8 Å². The minimum atomic E-state index is -1.43. The molecule has 11 heteroatoms. The van der Waals surface area contributed by atoms with E-state index in [2.05, 4.69) is 36.9 Å². The lowest BCUT2D eigenvalue weighted by Gasteiger charge is -2.60. The Hall–Kier alpha value is -4.81. The Morgan fingerprint density at radius 3 is 2.40 bits per heavy atom. The van der Waals surface area contributed by atoms with E-state index < -0.39 is 29.4 Å². The van der Waals surface area contributed by atoms with Crippen molar-refractivity contribution in [3.05, 3.63) is 120 Å². The van der Waals surface area contributed by atoms with Gasteiger partial charge >= 0.3 is 6.09 Å². The van der Waals surface area contributed by atoms with Gasteiger partial charge in [0.25, 0.3) is 0 Å². The molecule has 1 amide bonds. The van der Waals surface area contributed by atoms with Crippen LogP contribution in [0.5, 0.6) is 17.2 Å². The van der Waals surface area contributed by atoms with Crippen LogP contribution in [0.2, 0.25) is 0 Å². The first-order valence-corrected chi connectivity index (χ1v) is 23.2. The van der Waals surface area contributed by atoms with Crippen LogP contribution in [-0.2, 0) is 20.9 Å². The molecule has 62 heavy (non-hydrogen) atoms. The van der Waals surface area contributed by atoms with E-state index in [0.717, 1.165) is 69.5 Å². The van der Waals surface area contributed by atoms with E-state index in [-0.39, 0.29) is 50.5 Å². The number of hydrogen-bond donors (Lipinski definition) is 2. The molecule has 4 aromatic rings. The number of rotatable bonds is 18. The van der Waals surface area contributed by atoms with Gasteiger partial charge in [-0.15, -0.1) is 18.3 Å². The first-order chi connectivity index (χ1) is 30.0. The van der Waals surface area contributed by atoms with Gasteiger partial charge in [0.2, 0.25) is 5.79 Å². The summed E-state index contributed by atoms with van der Waals surface area (Å²) in [5.74, 6) is 0.0911. The second kappa shape index (κ2) is 20.1. The molecule has 0 unspecified atom stereocenters. The van der Waals surface area contributed by atoms with Gasteiger partial charge in [-0.2, -0.15) is 0 Å². The normalized spacial score (nSPS) is 23.4. The van der Waals surface area contributed by atoms with Crippen LogP contribution in [0.1, 0.15) is 82.8 Å². The molecule has 0 spiro atoms. The number of carbonyl (C=O) groups is 1. The molecule has 1 fully saturated rings. The third-order valence-electron chi connectivity index (χ3n) is 12.4. The van der Waals surface area contributed by atoms with Crippen LogP contribution < -0.4 is 9.47 Å². The zero-order chi connectivity index (χ0) is 43.9. The summed E-state index contributed by atoms with van der Waals surface area (Å²) in [5, 5.41) is 27.0. The highest BCUT2D eigenvalue weighted by Crippen LogP contribution is 2.62. The largest absolute Gasteiger partial charge is 0.459 e. The summed E-state index contributed by atoms with van der Waals surface area (Å²) in [6, 6.07) is 27.6. The first-order valence-electron chi connectivity index (χ1n) is 21.9. The molecule has 1 saturated carbocycles. The highest BCUT2D eigenvalue weighted by molar-refractivity contribution is 7.98. The van der Waals surface area contributed by atoms with E-state index in [1.807, 2.05) is 87.7 Å². The number of benzene rings is 4. The standard InChI is InChI=1S/C51H62N2O8S/c1-7-29-58-51-46(53(49(56)57-5)33-36-18-14-17-34-15-8-9-19-40(34)36)32-44(52-61-50(2,3)4)42-30-35(16-10-12-27-54)41(20-11-13-28-55)47(48(42)51)43-31-38(23-26-45(43)60-51)59-37-21-24-39(62-6)25-22-37/h7-9,14-15,17-19,21-26,30-31,35,41,46-48,54-55H,1,10-13,16,20,27-29,32-33H2,2-6H3/t35-,41+,46-,47+,48+,51+/m0/s1. The van der Waals surface area contributed by atoms with E-state index in [4.69, 9.17) is 28.9 Å². The van der Waals surface area contributed by atoms with Crippen molar-refractivity contribution in [1.82, 2.24) is 4.90 Å². The number of oxime groups is 1. The van der Waals surface area contributed by atoms with Crippen molar-refractivity contribution < 1.29 is 38.8 Å². The van der Waals surface area contributed by atoms with Crippen LogP contribution in [0.3, 0.4) is 0 Å². The molecule has 1 heterocycles. The Morgan fingerprint density at radius 2 is 1.69 bits per heavy atom. The summed E-state index contributed by atoms with van der Waals surface area (Å²) in [6.45, 7) is 10.6. The quantitative estimate of drug-likeness (QED) is 0.0436. The van der Waals surface area contributed by atoms with Crippen molar-refractivity contribution >= 4 is 34.3 Å². The van der Waals surface area contributed by atoms with E-state index in [1.54, 1.807) is 22.7 Å². The summed E-state index contributed by atoms with van der Waals surface area (Å²) in [6.07, 6.45) is 10.5. The number of allylic oxidation sites excluding steroid dienone is 1. The van der Waals surface area contributed by atoms with Crippen molar-refractivity contribution in [2.24, 2.45) is 22.9 Å². The number of ether oxygens (including phenoxy) is 4. The molecule has 0 bridgehead atoms. The lowest BCUT2D eigenvalue weighted by molar-refractivity contribution is -0.256. The Kier molecular flexibility index (Phi) is 14.7. The Balaban J connectivity index is 1.47. The maximum absolute atomic E-state index is 14.5. The van der Waals surface area contributed by atoms with E-state index in [0.29, 0.717) is 24.3 Å². The molecule has 0 saturated heterocycles. The maximum atomic E-state index is 14.5. The summed E-state index contributed by atoms with van der Waals surface area (Å²) < 4.78 is 26.8. The van der Waals surface area contributed by atoms with Crippen molar-refractivity contribution in [2.75, 3.05) is 33.2 Å². The topological polar surface area (TPSA) is 119 Å². The Labute approximate surface area is 370 Å². The zero-order valence-electron chi connectivity index (χ0n) is 36.8. The molecule has 0 radical (unpaired) electrons. The number of nitrogens with zero attached hydrogens (tertiary/aromatic N) is 2. The Morgan fingerprint density at radius 1 is 0.968 bits per heavy atom. The number of hydrogen-bond acceptors (Lipinski definition) is 10. The third-order valence-corrected chi connectivity index (χ3v) is 13.1. The van der Waals surface area contributed by atoms with Crippen LogP contribution in [0.4, 0.5) is 4.79 Å². The second-order valence-corrected chi connectivity index (χ2v) is 18.4. The molecule has 2 N–H and O–H groups in total. The van der Waals surface area contributed by atoms with Gasteiger partial charge < -0.3 is 34.0 Å². The monoisotopic (exact) mass is 862 g/mol. The van der Waals surface area contributed by atoms with Gasteiger partial charge in [0.05, 0.1) is 31.9 Å². The number of carbonyl (C=O) groups excluding carboxylic acids is 1. The van der Waals surface area contributed by atoms with Crippen molar-refractivity contribution in [2.45, 2.75) is 101 Å². The fourth-order valence-corrected chi connectivity index (χ4v) is 10.1. The predicted octanol–water partition coefficient (Wildman–Crippen LogP) is 11.1. The van der Waals surface area contributed by atoms with Crippen molar-refractivity contribution in [3.8, 4) is 17.2 Å². The average Bonchev–Trinajstić information content (AvgIpc) is 3.28. The number of amides is 1. The van der Waals surface area contributed by atoms with Crippen molar-refractivity contribution in [1.29, 1.82) is 0 Å². The molecule has 2 aliphatic carbocycles. The molecule has 6 atom stereocenters. The van der Waals surface area contributed by atoms with E-state index in [1.165, 1.54) is 7.11 Å². The van der Waals surface area contributed by atoms with Crippen LogP contribution >= 0.6 is 11.8 Å².